The first-order valence-corrected chi connectivity index (χ1v) is 8.53. The van der Waals surface area contributed by atoms with Crippen LogP contribution in [0.25, 0.3) is 16.9 Å². The van der Waals surface area contributed by atoms with Gasteiger partial charge in [-0.2, -0.15) is 4.68 Å². The average molecular weight is 366 g/mol. The van der Waals surface area contributed by atoms with Crippen LogP contribution >= 0.6 is 11.6 Å². The summed E-state index contributed by atoms with van der Waals surface area (Å²) in [5, 5.41) is 8.87. The minimum atomic E-state index is -0.222. The summed E-state index contributed by atoms with van der Waals surface area (Å²) in [7, 11) is 0. The molecular formula is C19H16ClN5O. The quantitative estimate of drug-likeness (QED) is 0.558. The zero-order valence-corrected chi connectivity index (χ0v) is 15.1. The summed E-state index contributed by atoms with van der Waals surface area (Å²) in [6, 6.07) is 13.4. The van der Waals surface area contributed by atoms with Crippen molar-refractivity contribution in [2.75, 3.05) is 0 Å². The maximum atomic E-state index is 12.8. The molecule has 4 rings (SSSR count). The molecule has 0 unspecified atom stereocenters. The second kappa shape index (κ2) is 6.38. The molecule has 4 aromatic rings. The van der Waals surface area contributed by atoms with Crippen molar-refractivity contribution in [3.05, 3.63) is 80.9 Å². The molecule has 0 spiro atoms. The average Bonchev–Trinajstić information content (AvgIpc) is 3.03. The van der Waals surface area contributed by atoms with Gasteiger partial charge in [0.05, 0.1) is 12.2 Å². The third kappa shape index (κ3) is 2.99. The number of aryl methyl sites for hydroxylation is 2. The minimum absolute atomic E-state index is 0.222. The Kier molecular flexibility index (Phi) is 4.05. The van der Waals surface area contributed by atoms with Crippen LogP contribution in [0.2, 0.25) is 5.02 Å². The van der Waals surface area contributed by atoms with Crippen LogP contribution in [-0.2, 0) is 6.54 Å². The predicted octanol–water partition coefficient (Wildman–Crippen LogP) is 3.30. The van der Waals surface area contributed by atoms with Crippen molar-refractivity contribution < 1.29 is 0 Å². The van der Waals surface area contributed by atoms with Gasteiger partial charge in [-0.3, -0.25) is 9.36 Å². The summed E-state index contributed by atoms with van der Waals surface area (Å²) in [4.78, 5) is 17.2. The van der Waals surface area contributed by atoms with E-state index in [4.69, 9.17) is 11.6 Å². The number of fused-ring (bicyclic) bond motifs is 1. The van der Waals surface area contributed by atoms with Crippen molar-refractivity contribution >= 4 is 22.8 Å². The molecule has 130 valence electrons. The van der Waals surface area contributed by atoms with E-state index in [-0.39, 0.29) is 11.1 Å². The first kappa shape index (κ1) is 16.5. The Morgan fingerprint density at radius 1 is 1.04 bits per heavy atom. The van der Waals surface area contributed by atoms with Gasteiger partial charge in [-0.15, -0.1) is 5.10 Å². The van der Waals surface area contributed by atoms with Crippen LogP contribution in [0, 0.1) is 13.8 Å². The molecule has 0 aliphatic rings. The molecule has 0 bridgehead atoms. The molecule has 0 N–H and O–H groups in total. The van der Waals surface area contributed by atoms with Crippen LogP contribution in [0.3, 0.4) is 0 Å². The highest BCUT2D eigenvalue weighted by Crippen LogP contribution is 2.16. The summed E-state index contributed by atoms with van der Waals surface area (Å²) in [6.07, 6.45) is 1.53. The highest BCUT2D eigenvalue weighted by molar-refractivity contribution is 6.30. The number of benzene rings is 2. The van der Waals surface area contributed by atoms with Gasteiger partial charge >= 0.3 is 0 Å². The largest absolute Gasteiger partial charge is 0.293 e. The molecule has 26 heavy (non-hydrogen) atoms. The van der Waals surface area contributed by atoms with Crippen molar-refractivity contribution in [2.45, 2.75) is 20.4 Å². The maximum absolute atomic E-state index is 12.8. The lowest BCUT2D eigenvalue weighted by molar-refractivity contribution is 0.745. The number of rotatable bonds is 3. The Balaban J connectivity index is 1.78. The summed E-state index contributed by atoms with van der Waals surface area (Å²) >= 11 is 5.91. The van der Waals surface area contributed by atoms with E-state index in [9.17, 15) is 4.79 Å². The van der Waals surface area contributed by atoms with Gasteiger partial charge in [0.1, 0.15) is 6.33 Å². The van der Waals surface area contributed by atoms with Crippen LogP contribution in [0.5, 0.6) is 0 Å². The third-order valence-electron chi connectivity index (χ3n) is 4.15. The van der Waals surface area contributed by atoms with Gasteiger partial charge in [-0.05, 0) is 54.8 Å². The smallest absolute Gasteiger partial charge is 0.283 e. The van der Waals surface area contributed by atoms with Gasteiger partial charge in [0.15, 0.2) is 11.2 Å². The Morgan fingerprint density at radius 3 is 2.42 bits per heavy atom. The summed E-state index contributed by atoms with van der Waals surface area (Å²) < 4.78 is 3.12. The number of hydrogen-bond donors (Lipinski definition) is 0. The molecule has 7 heteroatoms. The van der Waals surface area contributed by atoms with Crippen LogP contribution < -0.4 is 5.56 Å². The molecule has 2 aromatic carbocycles. The molecule has 0 aliphatic heterocycles. The van der Waals surface area contributed by atoms with Gasteiger partial charge in [-0.25, -0.2) is 4.98 Å². The van der Waals surface area contributed by atoms with Crippen LogP contribution in [0.15, 0.2) is 53.6 Å². The van der Waals surface area contributed by atoms with Gasteiger partial charge in [0.2, 0.25) is 0 Å². The normalized spacial score (nSPS) is 11.2. The molecular weight excluding hydrogens is 350 g/mol. The van der Waals surface area contributed by atoms with Gasteiger partial charge in [0, 0.05) is 5.02 Å². The zero-order valence-electron chi connectivity index (χ0n) is 14.3. The molecule has 0 saturated heterocycles. The van der Waals surface area contributed by atoms with Gasteiger partial charge in [0.25, 0.3) is 5.56 Å². The van der Waals surface area contributed by atoms with Crippen LogP contribution in [0.4, 0.5) is 0 Å². The molecule has 0 atom stereocenters. The van der Waals surface area contributed by atoms with Crippen molar-refractivity contribution in [1.82, 2.24) is 24.5 Å². The Morgan fingerprint density at radius 2 is 1.73 bits per heavy atom. The highest BCUT2D eigenvalue weighted by atomic mass is 35.5. The van der Waals surface area contributed by atoms with E-state index in [1.165, 1.54) is 10.9 Å². The fraction of sp³-hybridized carbons (Fsp3) is 0.158. The molecule has 0 radical (unpaired) electrons. The van der Waals surface area contributed by atoms with Crippen LogP contribution in [-0.4, -0.2) is 24.5 Å². The summed E-state index contributed by atoms with van der Waals surface area (Å²) in [5.41, 5.74) is 4.50. The lowest BCUT2D eigenvalue weighted by atomic mass is 10.1. The van der Waals surface area contributed by atoms with Crippen molar-refractivity contribution in [3.8, 4) is 5.69 Å². The minimum Gasteiger partial charge on any atom is -0.293 e. The monoisotopic (exact) mass is 365 g/mol. The lowest BCUT2D eigenvalue weighted by Crippen LogP contribution is -2.21. The summed E-state index contributed by atoms with van der Waals surface area (Å²) in [5.74, 6) is 0. The molecule has 2 aromatic heterocycles. The highest BCUT2D eigenvalue weighted by Gasteiger charge is 2.14. The van der Waals surface area contributed by atoms with E-state index in [0.29, 0.717) is 17.2 Å². The Labute approximate surface area is 154 Å². The number of halogens is 1. The van der Waals surface area contributed by atoms with E-state index in [1.807, 2.05) is 38.1 Å². The Hall–Kier alpha value is -2.99. The fourth-order valence-electron chi connectivity index (χ4n) is 2.99. The third-order valence-corrected chi connectivity index (χ3v) is 4.40. The number of nitrogens with zero attached hydrogens (tertiary/aromatic N) is 5. The van der Waals surface area contributed by atoms with Gasteiger partial charge < -0.3 is 0 Å². The Bertz CT molecular complexity index is 1140. The second-order valence-corrected chi connectivity index (χ2v) is 6.76. The van der Waals surface area contributed by atoms with E-state index in [2.05, 4.69) is 21.4 Å². The van der Waals surface area contributed by atoms with Crippen molar-refractivity contribution in [2.24, 2.45) is 0 Å². The first-order chi connectivity index (χ1) is 12.5. The van der Waals surface area contributed by atoms with E-state index < -0.39 is 0 Å². The number of aromatic nitrogens is 5. The second-order valence-electron chi connectivity index (χ2n) is 6.32. The van der Waals surface area contributed by atoms with E-state index >= 15 is 0 Å². The molecule has 0 fully saturated rings. The van der Waals surface area contributed by atoms with E-state index in [1.54, 1.807) is 16.8 Å². The van der Waals surface area contributed by atoms with Crippen molar-refractivity contribution in [3.63, 3.8) is 0 Å². The molecule has 2 heterocycles. The van der Waals surface area contributed by atoms with Gasteiger partial charge in [-0.1, -0.05) is 35.0 Å². The zero-order chi connectivity index (χ0) is 18.3. The molecule has 0 saturated carbocycles. The maximum Gasteiger partial charge on any atom is 0.283 e. The van der Waals surface area contributed by atoms with Crippen molar-refractivity contribution in [1.29, 1.82) is 0 Å². The topological polar surface area (TPSA) is 65.6 Å². The SMILES string of the molecule is Cc1cc(C)cc(-n2nnc3c(=O)n(Cc4ccc(Cl)cc4)cnc32)c1. The number of hydrogen-bond acceptors (Lipinski definition) is 4. The van der Waals surface area contributed by atoms with E-state index in [0.717, 1.165) is 22.4 Å². The van der Waals surface area contributed by atoms with Crippen LogP contribution in [0.1, 0.15) is 16.7 Å². The first-order valence-electron chi connectivity index (χ1n) is 8.15. The lowest BCUT2D eigenvalue weighted by Gasteiger charge is -2.07. The summed E-state index contributed by atoms with van der Waals surface area (Å²) in [6.45, 7) is 4.43. The molecule has 6 nitrogen and oxygen atoms in total. The molecule has 0 aliphatic carbocycles. The fourth-order valence-corrected chi connectivity index (χ4v) is 3.12. The standard InChI is InChI=1S/C19H16ClN5O/c1-12-7-13(2)9-16(8-12)25-18-17(22-23-25)19(26)24(11-21-18)10-14-3-5-15(20)6-4-14/h3-9,11H,10H2,1-2H3. The molecule has 0 amide bonds. The predicted molar refractivity (Wildman–Crippen MR) is 101 cm³/mol.